The number of nitrogens with one attached hydrogen (secondary N) is 1. The number of halogens is 1. The average Bonchev–Trinajstić information content (AvgIpc) is 3.04. The van der Waals surface area contributed by atoms with E-state index < -0.39 is 0 Å². The Kier molecular flexibility index (Phi) is 5.30. The fourth-order valence-electron chi connectivity index (χ4n) is 3.17. The molecule has 2 N–H and O–H groups in total. The summed E-state index contributed by atoms with van der Waals surface area (Å²) in [5, 5.41) is 23.7. The van der Waals surface area contributed by atoms with Gasteiger partial charge in [0.2, 0.25) is 0 Å². The molecule has 0 fully saturated rings. The number of ether oxygens (including phenoxy) is 1. The molecule has 0 aliphatic carbocycles. The Morgan fingerprint density at radius 1 is 1.24 bits per heavy atom. The van der Waals surface area contributed by atoms with E-state index in [1.807, 2.05) is 31.2 Å². The van der Waals surface area contributed by atoms with E-state index in [0.29, 0.717) is 22.8 Å². The van der Waals surface area contributed by atoms with Gasteiger partial charge < -0.3 is 14.4 Å². The quantitative estimate of drug-likeness (QED) is 0.332. The third-order valence-corrected chi connectivity index (χ3v) is 5.02. The third-order valence-electron chi connectivity index (χ3n) is 4.42. The number of aromatic nitrogens is 4. The highest BCUT2D eigenvalue weighted by Gasteiger charge is 2.13. The number of anilines is 1. The molecule has 8 nitrogen and oxygen atoms in total. The standard InChI is InChI=1S/C20H19BrN6O2/c1-3-27-15-8-6-5-7-13(15)17-19(27)23-20(26-24-17)25-22-11-12-9-14(21)18(28)16(10-12)29-4-2/h5-11,28H,3-4H2,1-2H3,(H,23,25,26)/b22-11+. The number of fused-ring (bicyclic) bond motifs is 3. The normalized spacial score (nSPS) is 11.6. The third kappa shape index (κ3) is 3.61. The van der Waals surface area contributed by atoms with Crippen molar-refractivity contribution in [1.82, 2.24) is 19.7 Å². The van der Waals surface area contributed by atoms with Crippen molar-refractivity contribution in [3.05, 3.63) is 46.4 Å². The summed E-state index contributed by atoms with van der Waals surface area (Å²) in [4.78, 5) is 4.58. The zero-order valence-corrected chi connectivity index (χ0v) is 17.5. The summed E-state index contributed by atoms with van der Waals surface area (Å²) < 4.78 is 8.05. The van der Waals surface area contributed by atoms with Crippen molar-refractivity contribution < 1.29 is 9.84 Å². The van der Waals surface area contributed by atoms with E-state index in [4.69, 9.17) is 4.74 Å². The second-order valence-electron chi connectivity index (χ2n) is 6.22. The number of benzene rings is 2. The van der Waals surface area contributed by atoms with Crippen LogP contribution in [0.15, 0.2) is 46.0 Å². The molecule has 4 aromatic rings. The van der Waals surface area contributed by atoms with Crippen LogP contribution in [0.2, 0.25) is 0 Å². The van der Waals surface area contributed by atoms with Crippen molar-refractivity contribution in [2.24, 2.45) is 5.10 Å². The number of hydrazone groups is 1. The molecule has 0 aliphatic rings. The van der Waals surface area contributed by atoms with Crippen LogP contribution < -0.4 is 10.2 Å². The molecule has 0 atom stereocenters. The van der Waals surface area contributed by atoms with Crippen molar-refractivity contribution in [3.63, 3.8) is 0 Å². The van der Waals surface area contributed by atoms with E-state index in [1.165, 1.54) is 0 Å². The summed E-state index contributed by atoms with van der Waals surface area (Å²) in [7, 11) is 0. The second kappa shape index (κ2) is 8.04. The van der Waals surface area contributed by atoms with Gasteiger partial charge >= 0.3 is 0 Å². The molecule has 9 heteroatoms. The first-order valence-corrected chi connectivity index (χ1v) is 9.97. The molecule has 29 heavy (non-hydrogen) atoms. The zero-order chi connectivity index (χ0) is 20.4. The van der Waals surface area contributed by atoms with Gasteiger partial charge in [-0.2, -0.15) is 10.1 Å². The van der Waals surface area contributed by atoms with Gasteiger partial charge in [0.05, 0.1) is 22.8 Å². The number of phenolic OH excluding ortho intramolecular Hbond substituents is 1. The molecular formula is C20H19BrN6O2. The van der Waals surface area contributed by atoms with E-state index >= 15 is 0 Å². The van der Waals surface area contributed by atoms with Gasteiger partial charge in [-0.15, -0.1) is 10.2 Å². The minimum atomic E-state index is 0.0577. The smallest absolute Gasteiger partial charge is 0.265 e. The predicted molar refractivity (Wildman–Crippen MR) is 117 cm³/mol. The van der Waals surface area contributed by atoms with Crippen LogP contribution in [0.3, 0.4) is 0 Å². The number of nitrogens with zero attached hydrogens (tertiary/aromatic N) is 5. The molecule has 0 unspecified atom stereocenters. The number of hydrogen-bond donors (Lipinski definition) is 2. The Bertz CT molecular complexity index is 1220. The molecule has 2 aromatic carbocycles. The van der Waals surface area contributed by atoms with Crippen molar-refractivity contribution in [3.8, 4) is 11.5 Å². The van der Waals surface area contributed by atoms with Crippen molar-refractivity contribution in [2.75, 3.05) is 12.0 Å². The van der Waals surface area contributed by atoms with E-state index in [1.54, 1.807) is 18.3 Å². The lowest BCUT2D eigenvalue weighted by Crippen LogP contribution is -2.02. The van der Waals surface area contributed by atoms with Crippen LogP contribution in [0.4, 0.5) is 5.95 Å². The molecule has 0 amide bonds. The molecule has 4 rings (SSSR count). The minimum absolute atomic E-state index is 0.0577. The molecule has 0 saturated carbocycles. The Labute approximate surface area is 175 Å². The van der Waals surface area contributed by atoms with Crippen LogP contribution >= 0.6 is 15.9 Å². The van der Waals surface area contributed by atoms with Gasteiger partial charge in [-0.3, -0.25) is 0 Å². The summed E-state index contributed by atoms with van der Waals surface area (Å²) in [6.07, 6.45) is 1.59. The van der Waals surface area contributed by atoms with Gasteiger partial charge in [0.25, 0.3) is 5.95 Å². The summed E-state index contributed by atoms with van der Waals surface area (Å²) in [5.74, 6) is 0.742. The number of phenols is 1. The first-order valence-electron chi connectivity index (χ1n) is 9.18. The van der Waals surface area contributed by atoms with Crippen LogP contribution in [0.25, 0.3) is 22.1 Å². The maximum absolute atomic E-state index is 10.0. The van der Waals surface area contributed by atoms with Crippen LogP contribution in [0.1, 0.15) is 19.4 Å². The maximum Gasteiger partial charge on any atom is 0.265 e. The van der Waals surface area contributed by atoms with Crippen LogP contribution in [-0.4, -0.2) is 37.7 Å². The SMILES string of the molecule is CCOc1cc(/C=N/Nc2nnc3c4ccccc4n(CC)c3n2)cc(Br)c1O. The first-order chi connectivity index (χ1) is 14.1. The molecule has 2 aromatic heterocycles. The molecule has 2 heterocycles. The number of aryl methyl sites for hydroxylation is 1. The average molecular weight is 455 g/mol. The highest BCUT2D eigenvalue weighted by molar-refractivity contribution is 9.10. The largest absolute Gasteiger partial charge is 0.503 e. The van der Waals surface area contributed by atoms with E-state index in [2.05, 4.69) is 53.1 Å². The minimum Gasteiger partial charge on any atom is -0.503 e. The molecule has 148 valence electrons. The van der Waals surface area contributed by atoms with E-state index in [0.717, 1.165) is 34.2 Å². The summed E-state index contributed by atoms with van der Waals surface area (Å²) in [6, 6.07) is 11.5. The predicted octanol–water partition coefficient (Wildman–Crippen LogP) is 4.31. The van der Waals surface area contributed by atoms with E-state index in [-0.39, 0.29) is 5.75 Å². The highest BCUT2D eigenvalue weighted by atomic mass is 79.9. The Balaban J connectivity index is 1.63. The summed E-state index contributed by atoms with van der Waals surface area (Å²) in [6.45, 7) is 5.14. The molecule has 0 radical (unpaired) electrons. The van der Waals surface area contributed by atoms with Gasteiger partial charge in [0, 0.05) is 11.9 Å². The molecular weight excluding hydrogens is 436 g/mol. The topological polar surface area (TPSA) is 97.5 Å². The first kappa shape index (κ1) is 19.1. The lowest BCUT2D eigenvalue weighted by atomic mass is 10.2. The second-order valence-corrected chi connectivity index (χ2v) is 7.08. The number of rotatable bonds is 6. The lowest BCUT2D eigenvalue weighted by Gasteiger charge is -2.08. The maximum atomic E-state index is 10.0. The van der Waals surface area contributed by atoms with Crippen LogP contribution in [-0.2, 0) is 6.54 Å². The van der Waals surface area contributed by atoms with Crippen LogP contribution in [0.5, 0.6) is 11.5 Å². The Morgan fingerprint density at radius 3 is 2.86 bits per heavy atom. The van der Waals surface area contributed by atoms with Crippen molar-refractivity contribution in [1.29, 1.82) is 0 Å². The van der Waals surface area contributed by atoms with Gasteiger partial charge in [-0.25, -0.2) is 5.43 Å². The van der Waals surface area contributed by atoms with E-state index in [9.17, 15) is 5.11 Å². The number of aromatic hydroxyl groups is 1. The summed E-state index contributed by atoms with van der Waals surface area (Å²) in [5.41, 5.74) is 6.15. The molecule has 0 saturated heterocycles. The van der Waals surface area contributed by atoms with Gasteiger partial charge in [0.15, 0.2) is 17.1 Å². The highest BCUT2D eigenvalue weighted by Crippen LogP contribution is 2.35. The Hall–Kier alpha value is -3.20. The molecule has 0 aliphatic heterocycles. The fourth-order valence-corrected chi connectivity index (χ4v) is 3.63. The fraction of sp³-hybridized carbons (Fsp3) is 0.200. The zero-order valence-electron chi connectivity index (χ0n) is 15.9. The van der Waals surface area contributed by atoms with Crippen molar-refractivity contribution in [2.45, 2.75) is 20.4 Å². The molecule has 0 spiro atoms. The van der Waals surface area contributed by atoms with Crippen molar-refractivity contribution >= 4 is 50.2 Å². The van der Waals surface area contributed by atoms with Gasteiger partial charge in [-0.05, 0) is 53.5 Å². The van der Waals surface area contributed by atoms with Gasteiger partial charge in [0.1, 0.15) is 5.52 Å². The molecule has 0 bridgehead atoms. The number of para-hydroxylation sites is 1. The summed E-state index contributed by atoms with van der Waals surface area (Å²) >= 11 is 3.31. The lowest BCUT2D eigenvalue weighted by molar-refractivity contribution is 0.317. The monoisotopic (exact) mass is 454 g/mol. The number of hydrogen-bond acceptors (Lipinski definition) is 7. The van der Waals surface area contributed by atoms with Gasteiger partial charge in [-0.1, -0.05) is 18.2 Å². The van der Waals surface area contributed by atoms with Crippen LogP contribution in [0, 0.1) is 0 Å². The Morgan fingerprint density at radius 2 is 2.07 bits per heavy atom.